The number of ketones is 1. The molecule has 4 aromatic rings. The summed E-state index contributed by atoms with van der Waals surface area (Å²) in [5.74, 6) is 0.545. The van der Waals surface area contributed by atoms with Crippen molar-refractivity contribution in [2.45, 2.75) is 26.7 Å². The predicted octanol–water partition coefficient (Wildman–Crippen LogP) is 3.82. The largest absolute Gasteiger partial charge is 0.384 e. The number of aryl methyl sites for hydroxylation is 1. The Morgan fingerprint density at radius 3 is 2.73 bits per heavy atom. The maximum atomic E-state index is 12.1. The van der Waals surface area contributed by atoms with Crippen LogP contribution in [-0.2, 0) is 0 Å². The second-order valence-electron chi connectivity index (χ2n) is 6.40. The van der Waals surface area contributed by atoms with Gasteiger partial charge in [0.2, 0.25) is 0 Å². The van der Waals surface area contributed by atoms with Gasteiger partial charge in [0, 0.05) is 53.8 Å². The van der Waals surface area contributed by atoms with Gasteiger partial charge in [-0.15, -0.1) is 0 Å². The lowest BCUT2D eigenvalue weighted by Crippen LogP contribution is -2.03. The predicted molar refractivity (Wildman–Crippen MR) is 102 cm³/mol. The van der Waals surface area contributed by atoms with Crippen LogP contribution in [0.4, 0.5) is 5.82 Å². The van der Waals surface area contributed by atoms with E-state index in [1.807, 2.05) is 42.6 Å². The second-order valence-corrected chi connectivity index (χ2v) is 6.40. The number of pyridine rings is 3. The molecule has 0 bridgehead atoms. The molecule has 6 nitrogen and oxygen atoms in total. The van der Waals surface area contributed by atoms with E-state index in [0.29, 0.717) is 17.9 Å². The summed E-state index contributed by atoms with van der Waals surface area (Å²) in [7, 11) is 0. The zero-order valence-corrected chi connectivity index (χ0v) is 14.7. The van der Waals surface area contributed by atoms with Gasteiger partial charge >= 0.3 is 0 Å². The van der Waals surface area contributed by atoms with E-state index in [4.69, 9.17) is 5.73 Å². The number of rotatable bonds is 4. The lowest BCUT2D eigenvalue weighted by atomic mass is 10.0. The van der Waals surface area contributed by atoms with E-state index >= 15 is 0 Å². The summed E-state index contributed by atoms with van der Waals surface area (Å²) in [6, 6.07) is 5.74. The Hall–Kier alpha value is -3.28. The Labute approximate surface area is 150 Å². The van der Waals surface area contributed by atoms with E-state index in [1.54, 1.807) is 18.6 Å². The van der Waals surface area contributed by atoms with Gasteiger partial charge in [0.25, 0.3) is 0 Å². The topological polar surface area (TPSA) is 86.2 Å². The Balaban J connectivity index is 1.92. The lowest BCUT2D eigenvalue weighted by molar-refractivity contribution is 0.0977. The van der Waals surface area contributed by atoms with Crippen molar-refractivity contribution >= 4 is 28.2 Å². The minimum absolute atomic E-state index is 0.0753. The molecule has 0 fully saturated rings. The minimum Gasteiger partial charge on any atom is -0.384 e. The molecule has 0 unspecified atom stereocenters. The minimum atomic E-state index is 0.0753. The van der Waals surface area contributed by atoms with Crippen molar-refractivity contribution in [2.24, 2.45) is 0 Å². The summed E-state index contributed by atoms with van der Waals surface area (Å²) in [5, 5.41) is 0.963. The zero-order chi connectivity index (χ0) is 18.3. The molecule has 0 saturated heterocycles. The first-order valence-electron chi connectivity index (χ1n) is 8.60. The first-order valence-corrected chi connectivity index (χ1v) is 8.60. The maximum Gasteiger partial charge on any atom is 0.181 e. The van der Waals surface area contributed by atoms with Crippen molar-refractivity contribution in [3.8, 4) is 11.1 Å². The molecule has 0 aliphatic rings. The summed E-state index contributed by atoms with van der Waals surface area (Å²) < 4.78 is 2.00. The number of nitrogens with zero attached hydrogens (tertiary/aromatic N) is 4. The van der Waals surface area contributed by atoms with E-state index in [0.717, 1.165) is 39.7 Å². The summed E-state index contributed by atoms with van der Waals surface area (Å²) in [4.78, 5) is 25.2. The number of hydrogen-bond acceptors (Lipinski definition) is 5. The van der Waals surface area contributed by atoms with Crippen LogP contribution in [0.3, 0.4) is 0 Å². The van der Waals surface area contributed by atoms with Crippen molar-refractivity contribution in [1.29, 1.82) is 0 Å². The summed E-state index contributed by atoms with van der Waals surface area (Å²) in [6.07, 6.45) is 8.52. The standard InChI is InChI=1S/C20H19N5O/c1-3-4-18(26)16-7-12(2)15(11-23-16)14-8-13-10-24-19(21)9-17(13)25-6-5-22-20(14)25/h5-11H,3-4H2,1-2H3,(H2,21,24). The molecule has 4 aromatic heterocycles. The fourth-order valence-corrected chi connectivity index (χ4v) is 3.25. The average molecular weight is 345 g/mol. The number of carbonyl (C=O) groups excluding carboxylic acids is 1. The lowest BCUT2D eigenvalue weighted by Gasteiger charge is -2.11. The third-order valence-electron chi connectivity index (χ3n) is 4.54. The van der Waals surface area contributed by atoms with Crippen molar-refractivity contribution in [3.05, 3.63) is 54.2 Å². The molecule has 0 aliphatic heterocycles. The number of fused-ring (bicyclic) bond motifs is 3. The van der Waals surface area contributed by atoms with Crippen LogP contribution in [0.5, 0.6) is 0 Å². The second kappa shape index (κ2) is 6.22. The first-order chi connectivity index (χ1) is 12.6. The van der Waals surface area contributed by atoms with Crippen molar-refractivity contribution in [2.75, 3.05) is 5.73 Å². The van der Waals surface area contributed by atoms with Gasteiger partial charge in [-0.3, -0.25) is 14.2 Å². The fourth-order valence-electron chi connectivity index (χ4n) is 3.25. The molecule has 6 heteroatoms. The van der Waals surface area contributed by atoms with Gasteiger partial charge in [0.05, 0.1) is 5.52 Å². The molecule has 0 aromatic carbocycles. The molecule has 0 saturated carbocycles. The van der Waals surface area contributed by atoms with Crippen LogP contribution in [0, 0.1) is 6.92 Å². The van der Waals surface area contributed by atoms with Gasteiger partial charge < -0.3 is 5.73 Å². The van der Waals surface area contributed by atoms with Crippen LogP contribution in [0.1, 0.15) is 35.8 Å². The van der Waals surface area contributed by atoms with E-state index in [1.165, 1.54) is 0 Å². The van der Waals surface area contributed by atoms with Crippen molar-refractivity contribution in [1.82, 2.24) is 19.4 Å². The number of imidazole rings is 1. The number of carbonyl (C=O) groups is 1. The Morgan fingerprint density at radius 1 is 1.12 bits per heavy atom. The van der Waals surface area contributed by atoms with Gasteiger partial charge in [-0.1, -0.05) is 6.92 Å². The highest BCUT2D eigenvalue weighted by molar-refractivity contribution is 5.96. The highest BCUT2D eigenvalue weighted by atomic mass is 16.1. The summed E-state index contributed by atoms with van der Waals surface area (Å²) >= 11 is 0. The number of nitrogens with two attached hydrogens (primary N) is 1. The van der Waals surface area contributed by atoms with E-state index in [2.05, 4.69) is 15.0 Å². The number of anilines is 1. The van der Waals surface area contributed by atoms with Crippen LogP contribution in [0.15, 0.2) is 43.0 Å². The normalized spacial score (nSPS) is 11.3. The molecule has 0 amide bonds. The maximum absolute atomic E-state index is 12.1. The Morgan fingerprint density at radius 2 is 1.96 bits per heavy atom. The van der Waals surface area contributed by atoms with Crippen LogP contribution in [0.2, 0.25) is 0 Å². The number of nitrogen functional groups attached to an aromatic ring is 1. The Bertz CT molecular complexity index is 1150. The summed E-state index contributed by atoms with van der Waals surface area (Å²) in [6.45, 7) is 3.98. The molecule has 4 rings (SSSR count). The third-order valence-corrected chi connectivity index (χ3v) is 4.54. The molecule has 130 valence electrons. The van der Waals surface area contributed by atoms with E-state index in [-0.39, 0.29) is 5.78 Å². The van der Waals surface area contributed by atoms with Crippen LogP contribution in [-0.4, -0.2) is 25.1 Å². The molecule has 2 N–H and O–H groups in total. The highest BCUT2D eigenvalue weighted by Gasteiger charge is 2.14. The summed E-state index contributed by atoms with van der Waals surface area (Å²) in [5.41, 5.74) is 11.0. The monoisotopic (exact) mass is 345 g/mol. The van der Waals surface area contributed by atoms with Gasteiger partial charge in [-0.2, -0.15) is 0 Å². The smallest absolute Gasteiger partial charge is 0.181 e. The van der Waals surface area contributed by atoms with Crippen LogP contribution >= 0.6 is 0 Å². The van der Waals surface area contributed by atoms with Crippen LogP contribution < -0.4 is 5.73 Å². The van der Waals surface area contributed by atoms with Crippen LogP contribution in [0.25, 0.3) is 27.7 Å². The quantitative estimate of drug-likeness (QED) is 0.568. The van der Waals surface area contributed by atoms with Gasteiger partial charge in [0.1, 0.15) is 17.2 Å². The molecule has 0 spiro atoms. The Kier molecular flexibility index (Phi) is 3.88. The van der Waals surface area contributed by atoms with E-state index < -0.39 is 0 Å². The first kappa shape index (κ1) is 16.2. The molecule has 26 heavy (non-hydrogen) atoms. The van der Waals surface area contributed by atoms with Gasteiger partial charge in [-0.25, -0.2) is 9.97 Å². The molecule has 0 radical (unpaired) electrons. The fraction of sp³-hybridized carbons (Fsp3) is 0.200. The van der Waals surface area contributed by atoms with Gasteiger partial charge in [-0.05, 0) is 31.0 Å². The molecule has 0 atom stereocenters. The number of hydrogen-bond donors (Lipinski definition) is 1. The van der Waals surface area contributed by atoms with Crippen molar-refractivity contribution in [3.63, 3.8) is 0 Å². The molecular formula is C20H19N5O. The number of Topliss-reactive ketones (excluding diaryl/α,β-unsaturated/α-hetero) is 1. The van der Waals surface area contributed by atoms with Gasteiger partial charge in [0.15, 0.2) is 5.78 Å². The SMILES string of the molecule is CCCC(=O)c1cc(C)c(-c2cc3cnc(N)cc3n3ccnc23)cn1. The molecular weight excluding hydrogens is 326 g/mol. The molecule has 4 heterocycles. The highest BCUT2D eigenvalue weighted by Crippen LogP contribution is 2.31. The number of aromatic nitrogens is 4. The third kappa shape index (κ3) is 2.60. The zero-order valence-electron chi connectivity index (χ0n) is 14.7. The van der Waals surface area contributed by atoms with Crippen molar-refractivity contribution < 1.29 is 4.79 Å². The average Bonchev–Trinajstić information content (AvgIpc) is 3.12. The molecule has 0 aliphatic carbocycles. The van der Waals surface area contributed by atoms with E-state index in [9.17, 15) is 4.79 Å².